The summed E-state index contributed by atoms with van der Waals surface area (Å²) >= 11 is 1.71. The van der Waals surface area contributed by atoms with Gasteiger partial charge in [0, 0.05) is 30.1 Å². The zero-order valence-electron chi connectivity index (χ0n) is 16.5. The fourth-order valence-electron chi connectivity index (χ4n) is 3.97. The van der Waals surface area contributed by atoms with E-state index >= 15 is 0 Å². The number of aromatic nitrogens is 3. The average molecular weight is 410 g/mol. The standard InChI is InChI=1S/C21H23N5O2S/c1-13-7-14-9-18(29-20(14)17(8-13)27-2)16-10-15(11-25-3-5-28-6-4-25)26-19(16)21(22)23-12-24-26/h7-10,12H,3-6,11H2,1-2H3,(H2,22,23,24). The number of fused-ring (bicyclic) bond motifs is 2. The molecule has 0 unspecified atom stereocenters. The third-order valence-corrected chi connectivity index (χ3v) is 6.56. The van der Waals surface area contributed by atoms with Gasteiger partial charge in [-0.05, 0) is 36.1 Å². The van der Waals surface area contributed by atoms with Crippen LogP contribution in [0.5, 0.6) is 5.75 Å². The van der Waals surface area contributed by atoms with E-state index in [4.69, 9.17) is 15.2 Å². The fraction of sp³-hybridized carbons (Fsp3) is 0.333. The van der Waals surface area contributed by atoms with Gasteiger partial charge in [-0.15, -0.1) is 11.3 Å². The van der Waals surface area contributed by atoms with Gasteiger partial charge in [-0.3, -0.25) is 4.90 Å². The minimum absolute atomic E-state index is 0.490. The number of thiophene rings is 1. The molecule has 0 atom stereocenters. The van der Waals surface area contributed by atoms with Crippen molar-refractivity contribution in [2.45, 2.75) is 13.5 Å². The molecule has 0 radical (unpaired) electrons. The van der Waals surface area contributed by atoms with Gasteiger partial charge in [-0.1, -0.05) is 6.07 Å². The maximum Gasteiger partial charge on any atom is 0.152 e. The Hall–Kier alpha value is -2.68. The second kappa shape index (κ2) is 7.29. The molecule has 5 rings (SSSR count). The van der Waals surface area contributed by atoms with Gasteiger partial charge in [-0.25, -0.2) is 9.50 Å². The van der Waals surface area contributed by atoms with E-state index in [-0.39, 0.29) is 0 Å². The number of nitrogens with two attached hydrogens (primary N) is 1. The predicted molar refractivity (Wildman–Crippen MR) is 116 cm³/mol. The van der Waals surface area contributed by atoms with E-state index in [2.05, 4.69) is 46.2 Å². The van der Waals surface area contributed by atoms with Crippen molar-refractivity contribution in [2.75, 3.05) is 39.1 Å². The highest BCUT2D eigenvalue weighted by Crippen LogP contribution is 2.42. The van der Waals surface area contributed by atoms with Crippen molar-refractivity contribution in [3.8, 4) is 16.2 Å². The first-order chi connectivity index (χ1) is 14.1. The SMILES string of the molecule is COc1cc(C)cc2cc(-c3cc(CN4CCOCC4)n4ncnc(N)c34)sc12. The molecule has 1 aliphatic rings. The molecule has 0 saturated carbocycles. The van der Waals surface area contributed by atoms with Crippen molar-refractivity contribution in [1.82, 2.24) is 19.5 Å². The van der Waals surface area contributed by atoms with Gasteiger partial charge in [0.25, 0.3) is 0 Å². The Bertz CT molecular complexity index is 1190. The molecule has 0 aliphatic carbocycles. The molecule has 0 bridgehead atoms. The maximum absolute atomic E-state index is 6.29. The molecule has 1 aliphatic heterocycles. The normalized spacial score (nSPS) is 15.4. The molecule has 1 aromatic carbocycles. The quantitative estimate of drug-likeness (QED) is 0.557. The Morgan fingerprint density at radius 3 is 2.83 bits per heavy atom. The van der Waals surface area contributed by atoms with Crippen LogP contribution < -0.4 is 10.5 Å². The molecule has 7 nitrogen and oxygen atoms in total. The van der Waals surface area contributed by atoms with Crippen molar-refractivity contribution in [1.29, 1.82) is 0 Å². The number of rotatable bonds is 4. The van der Waals surface area contributed by atoms with Gasteiger partial charge in [-0.2, -0.15) is 5.10 Å². The van der Waals surface area contributed by atoms with Gasteiger partial charge >= 0.3 is 0 Å². The molecule has 4 heterocycles. The van der Waals surface area contributed by atoms with Crippen molar-refractivity contribution >= 4 is 32.8 Å². The molecule has 8 heteroatoms. The summed E-state index contributed by atoms with van der Waals surface area (Å²) in [5.41, 5.74) is 10.5. The van der Waals surface area contributed by atoms with Crippen LogP contribution in [0.1, 0.15) is 11.3 Å². The number of aryl methyl sites for hydroxylation is 1. The molecule has 1 saturated heterocycles. The second-order valence-corrected chi connectivity index (χ2v) is 8.39. The largest absolute Gasteiger partial charge is 0.495 e. The van der Waals surface area contributed by atoms with E-state index in [9.17, 15) is 0 Å². The first-order valence-electron chi connectivity index (χ1n) is 9.64. The van der Waals surface area contributed by atoms with Gasteiger partial charge in [0.1, 0.15) is 17.6 Å². The van der Waals surface area contributed by atoms with E-state index in [0.717, 1.165) is 64.9 Å². The maximum atomic E-state index is 6.29. The summed E-state index contributed by atoms with van der Waals surface area (Å²) in [6.45, 7) is 6.25. The van der Waals surface area contributed by atoms with Crippen LogP contribution in [-0.4, -0.2) is 52.9 Å². The Morgan fingerprint density at radius 1 is 1.21 bits per heavy atom. The van der Waals surface area contributed by atoms with Gasteiger partial charge in [0.2, 0.25) is 0 Å². The number of nitrogen functional groups attached to an aromatic ring is 1. The number of nitrogens with zero attached hydrogens (tertiary/aromatic N) is 4. The summed E-state index contributed by atoms with van der Waals surface area (Å²) in [4.78, 5) is 7.76. The Labute approximate surface area is 172 Å². The van der Waals surface area contributed by atoms with E-state index in [1.54, 1.807) is 18.4 Å². The van der Waals surface area contributed by atoms with Crippen LogP contribution in [-0.2, 0) is 11.3 Å². The van der Waals surface area contributed by atoms with Crippen LogP contribution >= 0.6 is 11.3 Å². The van der Waals surface area contributed by atoms with Crippen molar-refractivity contribution in [3.63, 3.8) is 0 Å². The molecule has 29 heavy (non-hydrogen) atoms. The van der Waals surface area contributed by atoms with Crippen LogP contribution in [0, 0.1) is 6.92 Å². The molecular formula is C21H23N5O2S. The van der Waals surface area contributed by atoms with Crippen LogP contribution in [0.15, 0.2) is 30.6 Å². The van der Waals surface area contributed by atoms with Gasteiger partial charge in [0.05, 0.1) is 30.7 Å². The van der Waals surface area contributed by atoms with Crippen molar-refractivity contribution in [2.24, 2.45) is 0 Å². The highest BCUT2D eigenvalue weighted by molar-refractivity contribution is 7.22. The summed E-state index contributed by atoms with van der Waals surface area (Å²) in [7, 11) is 1.72. The Balaban J connectivity index is 1.66. The average Bonchev–Trinajstić information content (AvgIpc) is 3.30. The highest BCUT2D eigenvalue weighted by Gasteiger charge is 2.20. The molecule has 2 N–H and O–H groups in total. The number of anilines is 1. The zero-order chi connectivity index (χ0) is 20.0. The van der Waals surface area contributed by atoms with E-state index in [0.29, 0.717) is 5.82 Å². The summed E-state index contributed by atoms with van der Waals surface area (Å²) in [5, 5.41) is 5.68. The fourth-order valence-corrected chi connectivity index (χ4v) is 5.12. The lowest BCUT2D eigenvalue weighted by Crippen LogP contribution is -2.36. The third kappa shape index (κ3) is 3.23. The van der Waals surface area contributed by atoms with E-state index in [1.165, 1.54) is 17.3 Å². The van der Waals surface area contributed by atoms with E-state index < -0.39 is 0 Å². The lowest BCUT2D eigenvalue weighted by molar-refractivity contribution is 0.0334. The lowest BCUT2D eigenvalue weighted by Gasteiger charge is -2.26. The minimum atomic E-state index is 0.490. The summed E-state index contributed by atoms with van der Waals surface area (Å²) in [6.07, 6.45) is 1.52. The molecular weight excluding hydrogens is 386 g/mol. The Kier molecular flexibility index (Phi) is 4.61. The topological polar surface area (TPSA) is 77.9 Å². The molecule has 150 valence electrons. The first kappa shape index (κ1) is 18.4. The molecule has 0 spiro atoms. The number of ether oxygens (including phenoxy) is 2. The monoisotopic (exact) mass is 409 g/mol. The van der Waals surface area contributed by atoms with E-state index in [1.807, 2.05) is 4.52 Å². The summed E-state index contributed by atoms with van der Waals surface area (Å²) in [6, 6.07) is 8.65. The van der Waals surface area contributed by atoms with Crippen LogP contribution in [0.3, 0.4) is 0 Å². The van der Waals surface area contributed by atoms with Gasteiger partial charge < -0.3 is 15.2 Å². The van der Waals surface area contributed by atoms with Gasteiger partial charge in [0.15, 0.2) is 5.82 Å². The molecule has 3 aromatic heterocycles. The Morgan fingerprint density at radius 2 is 2.03 bits per heavy atom. The number of morpholine rings is 1. The summed E-state index contributed by atoms with van der Waals surface area (Å²) in [5.74, 6) is 1.39. The number of hydrogen-bond donors (Lipinski definition) is 1. The third-order valence-electron chi connectivity index (χ3n) is 5.36. The second-order valence-electron chi connectivity index (χ2n) is 7.34. The van der Waals surface area contributed by atoms with Crippen LogP contribution in [0.4, 0.5) is 5.82 Å². The zero-order valence-corrected chi connectivity index (χ0v) is 17.3. The smallest absolute Gasteiger partial charge is 0.152 e. The number of hydrogen-bond acceptors (Lipinski definition) is 7. The van der Waals surface area contributed by atoms with Crippen molar-refractivity contribution < 1.29 is 9.47 Å². The molecule has 4 aromatic rings. The molecule has 1 fully saturated rings. The predicted octanol–water partition coefficient (Wildman–Crippen LogP) is 3.34. The number of methoxy groups -OCH3 is 1. The molecule has 0 amide bonds. The number of benzene rings is 1. The van der Waals surface area contributed by atoms with Crippen molar-refractivity contribution in [3.05, 3.63) is 41.9 Å². The van der Waals surface area contributed by atoms with Crippen LogP contribution in [0.2, 0.25) is 0 Å². The first-order valence-corrected chi connectivity index (χ1v) is 10.5. The highest BCUT2D eigenvalue weighted by atomic mass is 32.1. The lowest BCUT2D eigenvalue weighted by atomic mass is 10.1. The van der Waals surface area contributed by atoms with Crippen LogP contribution in [0.25, 0.3) is 26.0 Å². The minimum Gasteiger partial charge on any atom is -0.495 e. The summed E-state index contributed by atoms with van der Waals surface area (Å²) < 4.78 is 14.2.